The molecule has 10 heteroatoms. The van der Waals surface area contributed by atoms with Crippen molar-refractivity contribution >= 4 is 27.9 Å². The number of carbonyl (C=O) groups is 3. The Morgan fingerprint density at radius 2 is 1.81 bits per heavy atom. The van der Waals surface area contributed by atoms with Crippen LogP contribution in [-0.4, -0.2) is 63.9 Å². The van der Waals surface area contributed by atoms with Crippen LogP contribution in [0.3, 0.4) is 0 Å². The number of unbranched alkanes of at least 4 members (excludes halogenated alkanes) is 1. The van der Waals surface area contributed by atoms with Crippen LogP contribution < -0.4 is 5.32 Å². The normalized spacial score (nSPS) is 19.5. The Hall–Kier alpha value is -2.46. The molecule has 9 nitrogen and oxygen atoms in total. The maximum atomic E-state index is 13.6. The molecule has 1 aliphatic rings. The highest BCUT2D eigenvalue weighted by Crippen LogP contribution is 2.31. The summed E-state index contributed by atoms with van der Waals surface area (Å²) in [5, 5.41) is 2.85. The summed E-state index contributed by atoms with van der Waals surface area (Å²) in [6.45, 7) is 4.31. The lowest BCUT2D eigenvalue weighted by atomic mass is 9.94. The summed E-state index contributed by atoms with van der Waals surface area (Å²) in [6, 6.07) is 3.28. The topological polar surface area (TPSA) is 119 Å². The van der Waals surface area contributed by atoms with Crippen molar-refractivity contribution in [1.82, 2.24) is 9.62 Å². The van der Waals surface area contributed by atoms with Gasteiger partial charge in [-0.05, 0) is 44.4 Å². The third-order valence-corrected chi connectivity index (χ3v) is 7.44. The van der Waals surface area contributed by atoms with Crippen molar-refractivity contribution in [3.8, 4) is 0 Å². The fraction of sp³-hybridized carbons (Fsp3) is 0.571. The predicted octanol–water partition coefficient (Wildman–Crippen LogP) is 1.97. The average molecular weight is 455 g/mol. The van der Waals surface area contributed by atoms with E-state index in [4.69, 9.17) is 4.74 Å². The molecule has 172 valence electrons. The number of piperidine rings is 1. The number of hydrogen-bond donors (Lipinski definition) is 1. The van der Waals surface area contributed by atoms with Crippen molar-refractivity contribution in [3.63, 3.8) is 0 Å². The minimum atomic E-state index is -4.21. The first-order valence-corrected chi connectivity index (χ1v) is 11.7. The maximum Gasteiger partial charge on any atom is 0.339 e. The van der Waals surface area contributed by atoms with E-state index < -0.39 is 27.9 Å². The van der Waals surface area contributed by atoms with E-state index in [0.717, 1.165) is 26.0 Å². The van der Waals surface area contributed by atoms with Crippen molar-refractivity contribution < 1.29 is 32.3 Å². The molecule has 0 aromatic heterocycles. The molecule has 1 amide bonds. The Morgan fingerprint density at radius 1 is 1.13 bits per heavy atom. The van der Waals surface area contributed by atoms with Gasteiger partial charge in [-0.3, -0.25) is 4.79 Å². The van der Waals surface area contributed by atoms with Crippen LogP contribution in [0.5, 0.6) is 0 Å². The van der Waals surface area contributed by atoms with Crippen LogP contribution >= 0.6 is 0 Å². The van der Waals surface area contributed by atoms with Crippen LogP contribution in [0.15, 0.2) is 23.1 Å². The van der Waals surface area contributed by atoms with E-state index in [1.165, 1.54) is 23.5 Å². The third-order valence-electron chi connectivity index (χ3n) is 5.42. The van der Waals surface area contributed by atoms with Crippen molar-refractivity contribution in [2.24, 2.45) is 5.92 Å². The fourth-order valence-corrected chi connectivity index (χ4v) is 5.46. The number of carbonyl (C=O) groups excluding carboxylic acids is 3. The van der Waals surface area contributed by atoms with Crippen LogP contribution in [0.2, 0.25) is 0 Å². The zero-order valence-electron chi connectivity index (χ0n) is 18.3. The lowest BCUT2D eigenvalue weighted by molar-refractivity contribution is -0.126. The maximum absolute atomic E-state index is 13.6. The van der Waals surface area contributed by atoms with Gasteiger partial charge in [-0.1, -0.05) is 13.3 Å². The molecule has 0 unspecified atom stereocenters. The molecule has 0 aliphatic carbocycles. The number of nitrogens with one attached hydrogen (secondary N) is 1. The number of nitrogens with zero attached hydrogens (tertiary/aromatic N) is 1. The van der Waals surface area contributed by atoms with Gasteiger partial charge >= 0.3 is 11.9 Å². The van der Waals surface area contributed by atoms with Gasteiger partial charge in [0.25, 0.3) is 0 Å². The average Bonchev–Trinajstić information content (AvgIpc) is 2.77. The van der Waals surface area contributed by atoms with Gasteiger partial charge < -0.3 is 14.8 Å². The summed E-state index contributed by atoms with van der Waals surface area (Å²) in [6.07, 6.45) is 2.85. The van der Waals surface area contributed by atoms with E-state index in [1.54, 1.807) is 6.92 Å². The monoisotopic (exact) mass is 454 g/mol. The highest BCUT2D eigenvalue weighted by molar-refractivity contribution is 7.89. The largest absolute Gasteiger partial charge is 0.465 e. The van der Waals surface area contributed by atoms with Gasteiger partial charge in [-0.25, -0.2) is 18.0 Å². The number of amides is 1. The molecule has 2 rings (SSSR count). The number of hydrogen-bond acceptors (Lipinski definition) is 7. The summed E-state index contributed by atoms with van der Waals surface area (Å²) < 4.78 is 37.8. The third kappa shape index (κ3) is 5.62. The molecule has 0 saturated carbocycles. The van der Waals surface area contributed by atoms with Crippen LogP contribution in [-0.2, 0) is 24.3 Å². The molecule has 1 heterocycles. The molecule has 1 N–H and O–H groups in total. The highest BCUT2D eigenvalue weighted by atomic mass is 32.2. The number of sulfonamides is 1. The standard InChI is InChI=1S/C21H30N2O7S/c1-5-6-11-22-19(24)16-8-7-14(2)23(13-16)31(27,28)18-12-15(20(25)29-3)9-10-17(18)21(26)30-4/h9-10,12,14,16H,5-8,11,13H2,1-4H3,(H,22,24)/t14-,16+/m0/s1. The molecule has 0 bridgehead atoms. The van der Waals surface area contributed by atoms with Crippen LogP contribution in [0.1, 0.15) is 60.2 Å². The molecule has 1 fully saturated rings. The van der Waals surface area contributed by atoms with Gasteiger partial charge in [0.1, 0.15) is 0 Å². The number of ether oxygens (including phenoxy) is 2. The van der Waals surface area contributed by atoms with Crippen molar-refractivity contribution in [3.05, 3.63) is 29.3 Å². The van der Waals surface area contributed by atoms with Gasteiger partial charge in [-0.2, -0.15) is 4.31 Å². The lowest BCUT2D eigenvalue weighted by Crippen LogP contribution is -2.49. The lowest BCUT2D eigenvalue weighted by Gasteiger charge is -2.36. The SMILES string of the molecule is CCCCNC(=O)[C@@H]1CC[C@H](C)N(S(=O)(=O)c2cc(C(=O)OC)ccc2C(=O)OC)C1. The Kier molecular flexibility index (Phi) is 8.58. The molecular formula is C21H30N2O7S. The molecule has 1 aromatic rings. The van der Waals surface area contributed by atoms with Crippen molar-refractivity contribution in [2.45, 2.75) is 50.5 Å². The smallest absolute Gasteiger partial charge is 0.339 e. The number of benzene rings is 1. The minimum absolute atomic E-state index is 0.00718. The first-order valence-electron chi connectivity index (χ1n) is 10.3. The highest BCUT2D eigenvalue weighted by Gasteiger charge is 2.39. The summed E-state index contributed by atoms with van der Waals surface area (Å²) in [7, 11) is -1.88. The molecule has 1 aliphatic heterocycles. The van der Waals surface area contributed by atoms with Gasteiger partial charge in [0, 0.05) is 19.1 Å². The molecular weight excluding hydrogens is 424 g/mol. The molecule has 0 radical (unpaired) electrons. The summed E-state index contributed by atoms with van der Waals surface area (Å²) in [4.78, 5) is 36.4. The van der Waals surface area contributed by atoms with E-state index >= 15 is 0 Å². The zero-order chi connectivity index (χ0) is 23.2. The number of esters is 2. The Morgan fingerprint density at radius 3 is 2.42 bits per heavy atom. The van der Waals surface area contributed by atoms with Crippen molar-refractivity contribution in [2.75, 3.05) is 27.3 Å². The minimum Gasteiger partial charge on any atom is -0.465 e. The molecule has 1 saturated heterocycles. The summed E-state index contributed by atoms with van der Waals surface area (Å²) >= 11 is 0. The zero-order valence-corrected chi connectivity index (χ0v) is 19.2. The fourth-order valence-electron chi connectivity index (χ4n) is 3.54. The first-order chi connectivity index (χ1) is 14.7. The predicted molar refractivity (Wildman–Crippen MR) is 113 cm³/mol. The van der Waals surface area contributed by atoms with Crippen LogP contribution in [0, 0.1) is 5.92 Å². The van der Waals surface area contributed by atoms with Gasteiger partial charge in [0.2, 0.25) is 15.9 Å². The molecule has 31 heavy (non-hydrogen) atoms. The van der Waals surface area contributed by atoms with E-state index in [2.05, 4.69) is 10.1 Å². The van der Waals surface area contributed by atoms with E-state index in [-0.39, 0.29) is 34.5 Å². The van der Waals surface area contributed by atoms with E-state index in [1.807, 2.05) is 6.92 Å². The Balaban J connectivity index is 2.42. The molecule has 0 spiro atoms. The van der Waals surface area contributed by atoms with Gasteiger partial charge in [0.15, 0.2) is 0 Å². The van der Waals surface area contributed by atoms with Crippen LogP contribution in [0.4, 0.5) is 0 Å². The summed E-state index contributed by atoms with van der Waals surface area (Å²) in [5.41, 5.74) is -0.191. The van der Waals surface area contributed by atoms with Crippen molar-refractivity contribution in [1.29, 1.82) is 0 Å². The first kappa shape index (κ1) is 24.8. The number of rotatable bonds is 8. The second-order valence-electron chi connectivity index (χ2n) is 7.54. The van der Waals surface area contributed by atoms with Gasteiger partial charge in [0.05, 0.1) is 36.2 Å². The second kappa shape index (κ2) is 10.7. The second-order valence-corrected chi connectivity index (χ2v) is 9.40. The van der Waals surface area contributed by atoms with Crippen LogP contribution in [0.25, 0.3) is 0 Å². The quantitative estimate of drug-likeness (QED) is 0.471. The van der Waals surface area contributed by atoms with E-state index in [0.29, 0.717) is 19.4 Å². The summed E-state index contributed by atoms with van der Waals surface area (Å²) in [5.74, 6) is -2.24. The Bertz CT molecular complexity index is 930. The van der Waals surface area contributed by atoms with E-state index in [9.17, 15) is 22.8 Å². The van der Waals surface area contributed by atoms with Gasteiger partial charge in [-0.15, -0.1) is 0 Å². The Labute approximate surface area is 183 Å². The molecule has 2 atom stereocenters. The molecule has 1 aromatic carbocycles. The number of methoxy groups -OCH3 is 2.